The second-order valence-electron chi connectivity index (χ2n) is 6.46. The van der Waals surface area contributed by atoms with Crippen molar-refractivity contribution in [2.24, 2.45) is 4.99 Å². The van der Waals surface area contributed by atoms with E-state index < -0.39 is 5.97 Å². The molecule has 0 radical (unpaired) electrons. The average Bonchev–Trinajstić information content (AvgIpc) is 2.60. The number of rotatable bonds is 4. The van der Waals surface area contributed by atoms with Crippen molar-refractivity contribution in [1.82, 2.24) is 10.2 Å². The van der Waals surface area contributed by atoms with Crippen LogP contribution in [0.4, 0.5) is 0 Å². The number of nitrogens with zero attached hydrogens (tertiary/aromatic N) is 2. The largest absolute Gasteiger partial charge is 0.496 e. The fourth-order valence-corrected chi connectivity index (χ4v) is 3.95. The fraction of sp³-hybridized carbons (Fsp3) is 0.556. The number of esters is 1. The minimum absolute atomic E-state index is 0.223. The van der Waals surface area contributed by atoms with Gasteiger partial charge < -0.3 is 19.7 Å². The average molecular weight is 365 g/mol. The second-order valence-corrected chi connectivity index (χ2v) is 8.26. The van der Waals surface area contributed by atoms with Gasteiger partial charge in [-0.3, -0.25) is 4.99 Å². The molecule has 1 aromatic carbocycles. The monoisotopic (exact) mass is 365 g/mol. The van der Waals surface area contributed by atoms with Crippen LogP contribution in [0.2, 0.25) is 0 Å². The van der Waals surface area contributed by atoms with Gasteiger partial charge in [-0.25, -0.2) is 4.79 Å². The summed E-state index contributed by atoms with van der Waals surface area (Å²) in [6, 6.07) is 5.47. The molecule has 0 aromatic heterocycles. The first kappa shape index (κ1) is 19.4. The molecule has 1 fully saturated rings. The number of aliphatic imine (C=N–C) groups is 1. The number of carbonyl (C=O) groups excluding carboxylic acids is 1. The second kappa shape index (κ2) is 8.47. The number of carbonyl (C=O) groups is 1. The van der Waals surface area contributed by atoms with E-state index in [1.165, 1.54) is 7.11 Å². The van der Waals surface area contributed by atoms with Crippen LogP contribution in [0.25, 0.3) is 0 Å². The zero-order valence-electron chi connectivity index (χ0n) is 15.6. The van der Waals surface area contributed by atoms with Crippen LogP contribution in [0.5, 0.6) is 5.75 Å². The van der Waals surface area contributed by atoms with Gasteiger partial charge in [0, 0.05) is 37.2 Å². The van der Waals surface area contributed by atoms with Crippen LogP contribution in [-0.2, 0) is 11.3 Å². The predicted molar refractivity (Wildman–Crippen MR) is 103 cm³/mol. The molecule has 1 aromatic rings. The van der Waals surface area contributed by atoms with Crippen molar-refractivity contribution in [3.8, 4) is 5.75 Å². The third-order valence-electron chi connectivity index (χ3n) is 4.06. The topological polar surface area (TPSA) is 63.2 Å². The minimum atomic E-state index is -0.403. The maximum absolute atomic E-state index is 11.7. The van der Waals surface area contributed by atoms with Gasteiger partial charge in [-0.1, -0.05) is 6.07 Å². The van der Waals surface area contributed by atoms with Crippen LogP contribution < -0.4 is 10.1 Å². The van der Waals surface area contributed by atoms with E-state index in [0.29, 0.717) is 17.9 Å². The molecule has 2 rings (SSSR count). The lowest BCUT2D eigenvalue weighted by Crippen LogP contribution is -2.50. The summed E-state index contributed by atoms with van der Waals surface area (Å²) in [4.78, 5) is 18.4. The Morgan fingerprint density at radius 3 is 2.76 bits per heavy atom. The summed E-state index contributed by atoms with van der Waals surface area (Å²) < 4.78 is 10.3. The lowest BCUT2D eigenvalue weighted by Gasteiger charge is -2.39. The zero-order valence-corrected chi connectivity index (χ0v) is 16.4. The number of ether oxygens (including phenoxy) is 2. The molecule has 138 valence electrons. The summed E-state index contributed by atoms with van der Waals surface area (Å²) in [5.74, 6) is 2.09. The molecule has 1 aliphatic rings. The normalized spacial score (nSPS) is 17.2. The maximum Gasteiger partial charge on any atom is 0.341 e. The molecule has 0 amide bonds. The van der Waals surface area contributed by atoms with E-state index in [2.05, 4.69) is 29.1 Å². The molecule has 0 spiro atoms. The molecule has 25 heavy (non-hydrogen) atoms. The van der Waals surface area contributed by atoms with E-state index >= 15 is 0 Å². The Hall–Kier alpha value is -1.89. The molecule has 6 nitrogen and oxygen atoms in total. The molecule has 0 aliphatic carbocycles. The Kier molecular flexibility index (Phi) is 6.58. The summed E-state index contributed by atoms with van der Waals surface area (Å²) in [5.41, 5.74) is 1.43. The van der Waals surface area contributed by atoms with Gasteiger partial charge in [0.2, 0.25) is 0 Å². The van der Waals surface area contributed by atoms with E-state index in [9.17, 15) is 4.79 Å². The zero-order chi connectivity index (χ0) is 18.4. The van der Waals surface area contributed by atoms with Crippen molar-refractivity contribution >= 4 is 23.7 Å². The molecule has 0 unspecified atom stereocenters. The van der Waals surface area contributed by atoms with Crippen molar-refractivity contribution in [2.45, 2.75) is 25.1 Å². The van der Waals surface area contributed by atoms with Gasteiger partial charge in [0.25, 0.3) is 0 Å². The van der Waals surface area contributed by atoms with Gasteiger partial charge >= 0.3 is 5.97 Å². The molecule has 7 heteroatoms. The number of hydrogen-bond acceptors (Lipinski definition) is 5. The molecule has 1 N–H and O–H groups in total. The summed E-state index contributed by atoms with van der Waals surface area (Å²) in [5, 5.41) is 3.40. The third-order valence-corrected chi connectivity index (χ3v) is 5.36. The molecule has 1 heterocycles. The summed E-state index contributed by atoms with van der Waals surface area (Å²) in [7, 11) is 4.71. The van der Waals surface area contributed by atoms with E-state index in [0.717, 1.165) is 30.4 Å². The van der Waals surface area contributed by atoms with E-state index in [4.69, 9.17) is 9.47 Å². The van der Waals surface area contributed by atoms with Crippen molar-refractivity contribution in [2.75, 3.05) is 40.1 Å². The first-order chi connectivity index (χ1) is 11.9. The molecular formula is C18H27N3O3S. The molecule has 0 atom stereocenters. The SMILES string of the molecule is CN=C(NCc1ccc(C(=O)OC)c(OC)c1)N1CCSC(C)(C)C1. The van der Waals surface area contributed by atoms with Gasteiger partial charge in [0.1, 0.15) is 11.3 Å². The highest BCUT2D eigenvalue weighted by Gasteiger charge is 2.28. The first-order valence-electron chi connectivity index (χ1n) is 8.25. The lowest BCUT2D eigenvalue weighted by atomic mass is 10.1. The van der Waals surface area contributed by atoms with Crippen LogP contribution in [0.3, 0.4) is 0 Å². The fourth-order valence-electron chi connectivity index (χ4n) is 2.83. The summed E-state index contributed by atoms with van der Waals surface area (Å²) >= 11 is 1.99. The van der Waals surface area contributed by atoms with E-state index in [1.807, 2.05) is 23.9 Å². The lowest BCUT2D eigenvalue weighted by molar-refractivity contribution is 0.0597. The minimum Gasteiger partial charge on any atom is -0.496 e. The number of hydrogen-bond donors (Lipinski definition) is 1. The van der Waals surface area contributed by atoms with E-state index in [1.54, 1.807) is 20.2 Å². The highest BCUT2D eigenvalue weighted by atomic mass is 32.2. The molecule has 1 saturated heterocycles. The van der Waals surface area contributed by atoms with Crippen LogP contribution in [0, 0.1) is 0 Å². The van der Waals surface area contributed by atoms with Crippen LogP contribution in [0.15, 0.2) is 23.2 Å². The van der Waals surface area contributed by atoms with Crippen LogP contribution in [-0.4, -0.2) is 61.7 Å². The van der Waals surface area contributed by atoms with Gasteiger partial charge in [0.05, 0.1) is 14.2 Å². The molecule has 1 aliphatic heterocycles. The number of thioether (sulfide) groups is 1. The molecular weight excluding hydrogens is 338 g/mol. The standard InChI is InChI=1S/C18H27N3O3S/c1-18(2)12-21(8-9-25-18)17(19-3)20-11-13-6-7-14(16(22)24-5)15(10-13)23-4/h6-7,10H,8-9,11-12H2,1-5H3,(H,19,20). The van der Waals surface area contributed by atoms with Crippen molar-refractivity contribution in [1.29, 1.82) is 0 Å². The highest BCUT2D eigenvalue weighted by Crippen LogP contribution is 2.29. The highest BCUT2D eigenvalue weighted by molar-refractivity contribution is 8.00. The van der Waals surface area contributed by atoms with Crippen LogP contribution in [0.1, 0.15) is 29.8 Å². The van der Waals surface area contributed by atoms with Crippen LogP contribution >= 0.6 is 11.8 Å². The smallest absolute Gasteiger partial charge is 0.341 e. The molecule has 0 saturated carbocycles. The van der Waals surface area contributed by atoms with Gasteiger partial charge in [0.15, 0.2) is 5.96 Å². The number of nitrogens with one attached hydrogen (secondary N) is 1. The van der Waals surface area contributed by atoms with Crippen molar-refractivity contribution in [3.05, 3.63) is 29.3 Å². The Labute approximate surface area is 154 Å². The Bertz CT molecular complexity index is 646. The molecule has 0 bridgehead atoms. The Balaban J connectivity index is 2.05. The van der Waals surface area contributed by atoms with Gasteiger partial charge in [-0.2, -0.15) is 11.8 Å². The maximum atomic E-state index is 11.7. The number of methoxy groups -OCH3 is 2. The third kappa shape index (κ3) is 5.04. The Morgan fingerprint density at radius 2 is 2.16 bits per heavy atom. The van der Waals surface area contributed by atoms with Crippen molar-refractivity contribution < 1.29 is 14.3 Å². The van der Waals surface area contributed by atoms with Gasteiger partial charge in [-0.05, 0) is 31.5 Å². The van der Waals surface area contributed by atoms with Gasteiger partial charge in [-0.15, -0.1) is 0 Å². The predicted octanol–water partition coefficient (Wildman–Crippen LogP) is 2.38. The number of guanidine groups is 1. The quantitative estimate of drug-likeness (QED) is 0.502. The number of benzene rings is 1. The van der Waals surface area contributed by atoms with E-state index in [-0.39, 0.29) is 4.75 Å². The summed E-state index contributed by atoms with van der Waals surface area (Å²) in [6.07, 6.45) is 0. The van der Waals surface area contributed by atoms with Crippen molar-refractivity contribution in [3.63, 3.8) is 0 Å². The Morgan fingerprint density at radius 1 is 1.40 bits per heavy atom. The summed E-state index contributed by atoms with van der Waals surface area (Å²) in [6.45, 7) is 7.07. The first-order valence-corrected chi connectivity index (χ1v) is 9.23.